The van der Waals surface area contributed by atoms with Crippen LogP contribution in [0.5, 0.6) is 0 Å². The second kappa shape index (κ2) is 6.67. The van der Waals surface area contributed by atoms with Crippen LogP contribution in [0.15, 0.2) is 71.8 Å². The number of carbonyl (C=O) groups is 1. The Morgan fingerprint density at radius 2 is 1.76 bits per heavy atom. The third kappa shape index (κ3) is 2.81. The zero-order valence-electron chi connectivity index (χ0n) is 15.8. The van der Waals surface area contributed by atoms with E-state index in [-0.39, 0.29) is 17.4 Å². The lowest BCUT2D eigenvalue weighted by Gasteiger charge is -2.18. The number of para-hydroxylation sites is 1. The predicted octanol–water partition coefficient (Wildman–Crippen LogP) is 3.69. The molecular formula is C23H18N4O2. The number of benzene rings is 2. The minimum Gasteiger partial charge on any atom is -0.279 e. The number of hydrogen-bond acceptors (Lipinski definition) is 4. The molecule has 0 spiro atoms. The highest BCUT2D eigenvalue weighted by Crippen LogP contribution is 2.41. The van der Waals surface area contributed by atoms with Crippen LogP contribution in [0.1, 0.15) is 29.7 Å². The number of pyridine rings is 1. The van der Waals surface area contributed by atoms with Gasteiger partial charge in [0.15, 0.2) is 0 Å². The Morgan fingerprint density at radius 3 is 2.62 bits per heavy atom. The smallest absolute Gasteiger partial charge is 0.272 e. The molecule has 2 aromatic carbocycles. The first-order valence-electron chi connectivity index (χ1n) is 9.46. The van der Waals surface area contributed by atoms with Crippen LogP contribution in [0.3, 0.4) is 0 Å². The SMILES string of the molecule is CC1C(=O)N(c2cncc(Cc3n[nH]c(=O)c4ccccc34)c2)c2ccccc21. The van der Waals surface area contributed by atoms with Gasteiger partial charge in [-0.15, -0.1) is 0 Å². The second-order valence-corrected chi connectivity index (χ2v) is 7.23. The first-order chi connectivity index (χ1) is 14.1. The Kier molecular flexibility index (Phi) is 3.98. The number of nitrogens with one attached hydrogen (secondary N) is 1. The summed E-state index contributed by atoms with van der Waals surface area (Å²) in [7, 11) is 0. The molecular weight excluding hydrogens is 364 g/mol. The van der Waals surface area contributed by atoms with E-state index in [1.807, 2.05) is 55.5 Å². The fourth-order valence-corrected chi connectivity index (χ4v) is 3.96. The molecule has 3 heterocycles. The van der Waals surface area contributed by atoms with E-state index >= 15 is 0 Å². The Labute approximate surface area is 166 Å². The van der Waals surface area contributed by atoms with Gasteiger partial charge in [-0.2, -0.15) is 5.10 Å². The van der Waals surface area contributed by atoms with Crippen LogP contribution in [0.25, 0.3) is 10.8 Å². The summed E-state index contributed by atoms with van der Waals surface area (Å²) < 4.78 is 0. The van der Waals surface area contributed by atoms with E-state index in [0.29, 0.717) is 11.8 Å². The average Bonchev–Trinajstić information content (AvgIpc) is 3.01. The summed E-state index contributed by atoms with van der Waals surface area (Å²) in [6.07, 6.45) is 3.97. The van der Waals surface area contributed by atoms with E-state index in [0.717, 1.165) is 33.6 Å². The number of aromatic nitrogens is 3. The molecule has 6 nitrogen and oxygen atoms in total. The molecule has 1 aliphatic rings. The van der Waals surface area contributed by atoms with Gasteiger partial charge in [0.25, 0.3) is 5.56 Å². The summed E-state index contributed by atoms with van der Waals surface area (Å²) in [5, 5.41) is 8.24. The van der Waals surface area contributed by atoms with Gasteiger partial charge >= 0.3 is 0 Å². The Morgan fingerprint density at radius 1 is 1.00 bits per heavy atom. The van der Waals surface area contributed by atoms with Crippen molar-refractivity contribution in [1.29, 1.82) is 0 Å². The highest BCUT2D eigenvalue weighted by Gasteiger charge is 2.35. The van der Waals surface area contributed by atoms with Crippen molar-refractivity contribution in [3.63, 3.8) is 0 Å². The zero-order chi connectivity index (χ0) is 20.0. The maximum Gasteiger partial charge on any atom is 0.272 e. The van der Waals surface area contributed by atoms with E-state index in [4.69, 9.17) is 0 Å². The van der Waals surface area contributed by atoms with Gasteiger partial charge < -0.3 is 0 Å². The topological polar surface area (TPSA) is 79.0 Å². The van der Waals surface area contributed by atoms with E-state index in [9.17, 15) is 9.59 Å². The molecule has 0 saturated heterocycles. The molecule has 1 N–H and O–H groups in total. The number of nitrogens with zero attached hydrogens (tertiary/aromatic N) is 3. The van der Waals surface area contributed by atoms with Crippen LogP contribution in [-0.4, -0.2) is 21.1 Å². The van der Waals surface area contributed by atoms with Crippen molar-refractivity contribution in [3.8, 4) is 0 Å². The Bertz CT molecular complexity index is 1310. The molecule has 0 aliphatic carbocycles. The Balaban J connectivity index is 1.55. The van der Waals surface area contributed by atoms with Gasteiger partial charge in [-0.25, -0.2) is 5.10 Å². The number of rotatable bonds is 3. The normalized spacial score (nSPS) is 15.7. The van der Waals surface area contributed by atoms with E-state index in [1.54, 1.807) is 23.4 Å². The van der Waals surface area contributed by atoms with Crippen LogP contribution in [0.2, 0.25) is 0 Å². The lowest BCUT2D eigenvalue weighted by Crippen LogP contribution is -2.23. The number of anilines is 2. The number of H-pyrrole nitrogens is 1. The number of fused-ring (bicyclic) bond motifs is 2. The van der Waals surface area contributed by atoms with Gasteiger partial charge in [0.05, 0.1) is 34.6 Å². The van der Waals surface area contributed by atoms with Crippen molar-refractivity contribution in [1.82, 2.24) is 15.2 Å². The molecule has 2 aromatic heterocycles. The van der Waals surface area contributed by atoms with Gasteiger partial charge in [-0.1, -0.05) is 36.4 Å². The molecule has 1 atom stereocenters. The quantitative estimate of drug-likeness (QED) is 0.586. The van der Waals surface area contributed by atoms with Gasteiger partial charge in [0.1, 0.15) is 0 Å². The summed E-state index contributed by atoms with van der Waals surface area (Å²) in [6.45, 7) is 1.93. The first kappa shape index (κ1) is 17.3. The van der Waals surface area contributed by atoms with Crippen LogP contribution >= 0.6 is 0 Å². The highest BCUT2D eigenvalue weighted by atomic mass is 16.2. The summed E-state index contributed by atoms with van der Waals surface area (Å²) in [4.78, 5) is 31.0. The highest BCUT2D eigenvalue weighted by molar-refractivity contribution is 6.10. The third-order valence-electron chi connectivity index (χ3n) is 5.42. The average molecular weight is 382 g/mol. The van der Waals surface area contributed by atoms with Crippen LogP contribution in [0, 0.1) is 0 Å². The van der Waals surface area contributed by atoms with Crippen molar-refractivity contribution < 1.29 is 4.79 Å². The third-order valence-corrected chi connectivity index (χ3v) is 5.42. The molecule has 29 heavy (non-hydrogen) atoms. The first-order valence-corrected chi connectivity index (χ1v) is 9.46. The van der Waals surface area contributed by atoms with E-state index < -0.39 is 0 Å². The largest absolute Gasteiger partial charge is 0.279 e. The summed E-state index contributed by atoms with van der Waals surface area (Å²) in [5.74, 6) is -0.141. The van der Waals surface area contributed by atoms with E-state index in [2.05, 4.69) is 15.2 Å². The molecule has 142 valence electrons. The second-order valence-electron chi connectivity index (χ2n) is 7.23. The van der Waals surface area contributed by atoms with Crippen LogP contribution < -0.4 is 10.5 Å². The molecule has 0 saturated carbocycles. The zero-order valence-corrected chi connectivity index (χ0v) is 15.8. The minimum absolute atomic E-state index is 0.0396. The molecule has 6 heteroatoms. The van der Waals surface area contributed by atoms with Crippen molar-refractivity contribution >= 4 is 28.1 Å². The lowest BCUT2D eigenvalue weighted by molar-refractivity contribution is -0.118. The number of hydrogen-bond donors (Lipinski definition) is 1. The lowest BCUT2D eigenvalue weighted by atomic mass is 10.0. The predicted molar refractivity (Wildman–Crippen MR) is 111 cm³/mol. The number of amides is 1. The van der Waals surface area contributed by atoms with Gasteiger partial charge in [0.2, 0.25) is 5.91 Å². The van der Waals surface area contributed by atoms with Crippen molar-refractivity contribution in [2.24, 2.45) is 0 Å². The molecule has 1 unspecified atom stereocenters. The van der Waals surface area contributed by atoms with Gasteiger partial charge in [0, 0.05) is 18.0 Å². The van der Waals surface area contributed by atoms with Crippen LogP contribution in [0.4, 0.5) is 11.4 Å². The van der Waals surface area contributed by atoms with Crippen molar-refractivity contribution in [3.05, 3.63) is 94.2 Å². The molecule has 1 aliphatic heterocycles. The van der Waals surface area contributed by atoms with Gasteiger partial charge in [-0.3, -0.25) is 19.5 Å². The van der Waals surface area contributed by atoms with Crippen LogP contribution in [-0.2, 0) is 11.2 Å². The minimum atomic E-state index is -0.204. The maximum absolute atomic E-state index is 12.9. The fraction of sp³-hybridized carbons (Fsp3) is 0.130. The summed E-state index contributed by atoms with van der Waals surface area (Å²) in [6, 6.07) is 17.2. The standard InChI is InChI=1S/C23H18N4O2/c1-14-17-6-4-5-9-21(17)27(23(14)29)16-10-15(12-24-13-16)11-20-18-7-2-3-8-19(18)22(28)26-25-20/h2-10,12-14H,11H2,1H3,(H,26,28). The molecule has 4 aromatic rings. The molecule has 1 amide bonds. The van der Waals surface area contributed by atoms with Gasteiger partial charge in [-0.05, 0) is 36.2 Å². The monoisotopic (exact) mass is 382 g/mol. The number of aromatic amines is 1. The summed E-state index contributed by atoms with van der Waals surface area (Å²) >= 11 is 0. The Hall–Kier alpha value is -3.80. The molecule has 0 bridgehead atoms. The fourth-order valence-electron chi connectivity index (χ4n) is 3.96. The van der Waals surface area contributed by atoms with Crippen molar-refractivity contribution in [2.45, 2.75) is 19.3 Å². The molecule has 0 radical (unpaired) electrons. The number of carbonyl (C=O) groups excluding carboxylic acids is 1. The maximum atomic E-state index is 12.9. The molecule has 5 rings (SSSR count). The van der Waals surface area contributed by atoms with Crippen molar-refractivity contribution in [2.75, 3.05) is 4.90 Å². The van der Waals surface area contributed by atoms with E-state index in [1.165, 1.54) is 0 Å². The molecule has 0 fully saturated rings. The summed E-state index contributed by atoms with van der Waals surface area (Å²) in [5.41, 5.74) is 4.13.